The van der Waals surface area contributed by atoms with Gasteiger partial charge in [0.1, 0.15) is 19.3 Å². The molecule has 0 aliphatic rings. The van der Waals surface area contributed by atoms with Crippen LogP contribution in [-0.4, -0.2) is 96.7 Å². The third-order valence-electron chi connectivity index (χ3n) is 15.7. The number of unbranched alkanes of at least 4 members (excludes halogenated alkanes) is 27. The quantitative estimate of drug-likeness (QED) is 0.0169. The molecule has 564 valence electrons. The minimum atomic E-state index is -4.98. The summed E-state index contributed by atoms with van der Waals surface area (Å²) in [7, 11) is -9.96. The number of phosphoric acid groups is 2. The number of aliphatic hydroxyl groups excluding tert-OH is 1. The summed E-state index contributed by atoms with van der Waals surface area (Å²) in [4.78, 5) is 72.8. The standard InChI is InChI=1S/C79H136O17P2/c1-5-9-13-17-21-25-29-33-34-35-36-37-38-42-44-48-52-56-60-64-77(82)90-70-75(96-79(84)66-62-58-54-50-46-41-32-28-24-20-16-12-8-4)72-94-98(87,88)92-68-73(80)67-91-97(85,86)93-71-74(95-78(83)65-61-57-53-49-45-40-31-27-23-19-15-11-7-3)69-89-76(81)63-59-55-51-47-43-39-30-26-22-18-14-10-6-2/h9,13-14,16,18,20-21,25-26,28,30,32-34,36-37,42,44,73-75,80H,5-8,10-12,15,17,19,22-24,27,29,31,35,38-41,43,45-72H2,1-4H3,(H,85,86)(H,87,88)/b13-9-,18-14-,20-16-,25-21-,30-26-,32-28-,34-33-,37-36-,44-42-. The molecule has 0 spiro atoms. The maximum atomic E-state index is 13.1. The predicted molar refractivity (Wildman–Crippen MR) is 399 cm³/mol. The molecule has 0 radical (unpaired) electrons. The highest BCUT2D eigenvalue weighted by Gasteiger charge is 2.30. The first-order chi connectivity index (χ1) is 47.7. The summed E-state index contributed by atoms with van der Waals surface area (Å²) in [5.74, 6) is -2.23. The number of rotatable bonds is 71. The number of ether oxygens (including phenoxy) is 4. The third kappa shape index (κ3) is 70.2. The van der Waals surface area contributed by atoms with E-state index >= 15 is 0 Å². The van der Waals surface area contributed by atoms with Gasteiger partial charge in [0.15, 0.2) is 12.2 Å². The zero-order valence-corrected chi connectivity index (χ0v) is 63.2. The van der Waals surface area contributed by atoms with Crippen molar-refractivity contribution in [1.29, 1.82) is 0 Å². The van der Waals surface area contributed by atoms with Crippen LogP contribution in [0.15, 0.2) is 109 Å². The molecule has 5 unspecified atom stereocenters. The zero-order valence-electron chi connectivity index (χ0n) is 61.4. The van der Waals surface area contributed by atoms with Crippen LogP contribution in [0.3, 0.4) is 0 Å². The molecule has 3 N–H and O–H groups in total. The van der Waals surface area contributed by atoms with Gasteiger partial charge in [-0.3, -0.25) is 37.3 Å². The molecule has 0 aliphatic carbocycles. The van der Waals surface area contributed by atoms with Crippen molar-refractivity contribution in [3.63, 3.8) is 0 Å². The van der Waals surface area contributed by atoms with Crippen LogP contribution in [0.25, 0.3) is 0 Å². The molecule has 0 amide bonds. The lowest BCUT2D eigenvalue weighted by molar-refractivity contribution is -0.161. The van der Waals surface area contributed by atoms with Crippen LogP contribution < -0.4 is 0 Å². The molecule has 0 bridgehead atoms. The van der Waals surface area contributed by atoms with E-state index in [2.05, 4.69) is 137 Å². The monoisotopic (exact) mass is 1420 g/mol. The highest BCUT2D eigenvalue weighted by molar-refractivity contribution is 7.47. The van der Waals surface area contributed by atoms with E-state index in [1.165, 1.54) is 51.4 Å². The van der Waals surface area contributed by atoms with E-state index in [0.29, 0.717) is 25.7 Å². The molecule has 19 heteroatoms. The second-order valence-corrected chi connectivity index (χ2v) is 28.1. The molecule has 0 fully saturated rings. The van der Waals surface area contributed by atoms with E-state index in [1.54, 1.807) is 0 Å². The predicted octanol–water partition coefficient (Wildman–Crippen LogP) is 21.8. The summed E-state index contributed by atoms with van der Waals surface area (Å²) < 4.78 is 68.4. The summed E-state index contributed by atoms with van der Waals surface area (Å²) >= 11 is 0. The maximum Gasteiger partial charge on any atom is 0.472 e. The van der Waals surface area contributed by atoms with Crippen molar-refractivity contribution >= 4 is 39.5 Å². The van der Waals surface area contributed by atoms with Gasteiger partial charge in [-0.15, -0.1) is 0 Å². The van der Waals surface area contributed by atoms with E-state index in [0.717, 1.165) is 180 Å². The van der Waals surface area contributed by atoms with Crippen LogP contribution in [0.2, 0.25) is 0 Å². The molecule has 98 heavy (non-hydrogen) atoms. The lowest BCUT2D eigenvalue weighted by atomic mass is 10.0. The van der Waals surface area contributed by atoms with E-state index in [-0.39, 0.29) is 25.7 Å². The summed E-state index contributed by atoms with van der Waals surface area (Å²) in [6.45, 7) is 4.57. The average molecular weight is 1420 g/mol. The van der Waals surface area contributed by atoms with Gasteiger partial charge in [0, 0.05) is 25.7 Å². The van der Waals surface area contributed by atoms with Crippen molar-refractivity contribution in [2.24, 2.45) is 0 Å². The van der Waals surface area contributed by atoms with E-state index in [1.807, 2.05) is 0 Å². The molecule has 0 aromatic carbocycles. The molecular formula is C79H136O17P2. The number of carbonyl (C=O) groups is 4. The summed E-state index contributed by atoms with van der Waals surface area (Å²) in [5.41, 5.74) is 0. The van der Waals surface area contributed by atoms with Crippen molar-refractivity contribution in [3.8, 4) is 0 Å². The van der Waals surface area contributed by atoms with Crippen LogP contribution in [-0.2, 0) is 65.4 Å². The SMILES string of the molecule is CC/C=C\C/C=C\C/C=C\C/C=C\C/C=C\CCCCCC(=O)OCC(COP(=O)(O)OCC(O)COP(=O)(O)OCC(COC(=O)CCCCCCC/C=C\C/C=C\CCC)OC(=O)CCCCCCCCCCCCCCC)OC(=O)CCCCCCC/C=C\C/C=C\CCC. The lowest BCUT2D eigenvalue weighted by Crippen LogP contribution is -2.30. The number of esters is 4. The number of carbonyl (C=O) groups excluding carboxylic acids is 4. The van der Waals surface area contributed by atoms with Gasteiger partial charge in [-0.2, -0.15) is 0 Å². The maximum absolute atomic E-state index is 13.1. The lowest BCUT2D eigenvalue weighted by Gasteiger charge is -2.21. The second-order valence-electron chi connectivity index (χ2n) is 25.2. The van der Waals surface area contributed by atoms with Gasteiger partial charge in [0.2, 0.25) is 0 Å². The molecular weight excluding hydrogens is 1280 g/mol. The van der Waals surface area contributed by atoms with Gasteiger partial charge in [-0.05, 0) is 122 Å². The van der Waals surface area contributed by atoms with Crippen molar-refractivity contribution in [1.82, 2.24) is 0 Å². The van der Waals surface area contributed by atoms with Gasteiger partial charge in [-0.25, -0.2) is 9.13 Å². The van der Waals surface area contributed by atoms with E-state index < -0.39 is 97.5 Å². The second kappa shape index (κ2) is 71.1. The number of allylic oxidation sites excluding steroid dienone is 18. The van der Waals surface area contributed by atoms with Crippen LogP contribution in [0, 0.1) is 0 Å². The molecule has 0 saturated heterocycles. The number of hydrogen-bond acceptors (Lipinski definition) is 15. The number of hydrogen-bond donors (Lipinski definition) is 3. The molecule has 0 aromatic heterocycles. The van der Waals surface area contributed by atoms with Gasteiger partial charge >= 0.3 is 39.5 Å². The zero-order chi connectivity index (χ0) is 71.8. The first-order valence-corrected chi connectivity index (χ1v) is 41.1. The fourth-order valence-electron chi connectivity index (χ4n) is 9.91. The Morgan fingerprint density at radius 2 is 0.551 bits per heavy atom. The molecule has 5 atom stereocenters. The summed E-state index contributed by atoms with van der Waals surface area (Å²) in [5, 5.41) is 10.6. The van der Waals surface area contributed by atoms with Gasteiger partial charge < -0.3 is 33.8 Å². The highest BCUT2D eigenvalue weighted by Crippen LogP contribution is 2.45. The Morgan fingerprint density at radius 1 is 0.296 bits per heavy atom. The van der Waals surface area contributed by atoms with Crippen LogP contribution >= 0.6 is 15.6 Å². The molecule has 0 aromatic rings. The molecule has 0 rings (SSSR count). The molecule has 0 heterocycles. The summed E-state index contributed by atoms with van der Waals surface area (Å²) in [6, 6.07) is 0. The van der Waals surface area contributed by atoms with Crippen LogP contribution in [0.5, 0.6) is 0 Å². The largest absolute Gasteiger partial charge is 0.472 e. The van der Waals surface area contributed by atoms with Gasteiger partial charge in [0.05, 0.1) is 26.4 Å². The Bertz CT molecular complexity index is 2290. The van der Waals surface area contributed by atoms with Crippen LogP contribution in [0.4, 0.5) is 0 Å². The first kappa shape index (κ1) is 93.7. The molecule has 0 saturated carbocycles. The third-order valence-corrected chi connectivity index (χ3v) is 17.6. The Hall–Kier alpha value is -4.28. The van der Waals surface area contributed by atoms with Gasteiger partial charge in [-0.1, -0.05) is 272 Å². The Morgan fingerprint density at radius 3 is 0.867 bits per heavy atom. The topological polar surface area (TPSA) is 237 Å². The van der Waals surface area contributed by atoms with E-state index in [4.69, 9.17) is 37.0 Å². The Kier molecular flexibility index (Phi) is 68.0. The van der Waals surface area contributed by atoms with Gasteiger partial charge in [0.25, 0.3) is 0 Å². The average Bonchev–Trinajstić information content (AvgIpc) is 0.966. The highest BCUT2D eigenvalue weighted by atomic mass is 31.2. The normalized spacial score (nSPS) is 14.6. The fraction of sp³-hybridized carbons (Fsp3) is 0.722. The minimum Gasteiger partial charge on any atom is -0.462 e. The Balaban J connectivity index is 5.36. The number of phosphoric ester groups is 2. The Labute approximate surface area is 594 Å². The van der Waals surface area contributed by atoms with Crippen molar-refractivity contribution in [3.05, 3.63) is 109 Å². The van der Waals surface area contributed by atoms with Crippen molar-refractivity contribution in [2.75, 3.05) is 39.6 Å². The minimum absolute atomic E-state index is 0.0696. The van der Waals surface area contributed by atoms with Crippen molar-refractivity contribution < 1.29 is 80.2 Å². The molecule has 17 nitrogen and oxygen atoms in total. The molecule has 0 aliphatic heterocycles. The van der Waals surface area contributed by atoms with Crippen LogP contribution in [0.1, 0.15) is 310 Å². The smallest absolute Gasteiger partial charge is 0.462 e. The fourth-order valence-corrected chi connectivity index (χ4v) is 11.5. The van der Waals surface area contributed by atoms with E-state index in [9.17, 15) is 43.2 Å². The number of aliphatic hydroxyl groups is 1. The summed E-state index contributed by atoms with van der Waals surface area (Å²) in [6.07, 6.45) is 75.1. The van der Waals surface area contributed by atoms with Crippen molar-refractivity contribution in [2.45, 2.75) is 329 Å². The first-order valence-electron chi connectivity index (χ1n) is 38.1.